The minimum atomic E-state index is -0.109. The molecule has 0 radical (unpaired) electrons. The van der Waals surface area contributed by atoms with Crippen molar-refractivity contribution >= 4 is 28.2 Å². The molecule has 2 rings (SSSR count). The average molecular weight is 221 g/mol. The van der Waals surface area contributed by atoms with E-state index >= 15 is 0 Å². The summed E-state index contributed by atoms with van der Waals surface area (Å²) in [6, 6.07) is 10.3. The summed E-state index contributed by atoms with van der Waals surface area (Å²) in [6.45, 7) is 0. The second-order valence-electron chi connectivity index (χ2n) is 3.27. The molecule has 0 spiro atoms. The predicted molar refractivity (Wildman–Crippen MR) is 60.7 cm³/mol. The molecular weight excluding hydrogens is 212 g/mol. The van der Waals surface area contributed by atoms with Crippen LogP contribution in [0.3, 0.4) is 0 Å². The van der Waals surface area contributed by atoms with E-state index in [9.17, 15) is 9.90 Å². The van der Waals surface area contributed by atoms with Gasteiger partial charge in [-0.3, -0.25) is 4.79 Å². The molecule has 0 saturated heterocycles. The summed E-state index contributed by atoms with van der Waals surface area (Å²) >= 11 is 5.47. The van der Waals surface area contributed by atoms with Gasteiger partial charge in [0.25, 0.3) is 0 Å². The van der Waals surface area contributed by atoms with Gasteiger partial charge < -0.3 is 5.11 Å². The number of halogens is 1. The number of phenolic OH excluding ortho intramolecular Hbond substituents is 1. The Morgan fingerprint density at radius 2 is 2.07 bits per heavy atom. The number of phenols is 1. The first-order valence-corrected chi connectivity index (χ1v) is 5.07. The molecule has 0 saturated carbocycles. The van der Waals surface area contributed by atoms with Crippen LogP contribution >= 0.6 is 11.6 Å². The van der Waals surface area contributed by atoms with Crippen LogP contribution in [-0.2, 0) is 0 Å². The molecule has 0 aliphatic carbocycles. The van der Waals surface area contributed by atoms with Gasteiger partial charge in [0.05, 0.1) is 5.88 Å². The molecule has 0 fully saturated rings. The molecule has 15 heavy (non-hydrogen) atoms. The molecule has 2 aromatic carbocycles. The normalized spacial score (nSPS) is 10.5. The van der Waals surface area contributed by atoms with Crippen molar-refractivity contribution in [3.63, 3.8) is 0 Å². The van der Waals surface area contributed by atoms with Crippen molar-refractivity contribution in [2.75, 3.05) is 5.88 Å². The van der Waals surface area contributed by atoms with Crippen LogP contribution in [0, 0.1) is 0 Å². The van der Waals surface area contributed by atoms with Gasteiger partial charge in [0.15, 0.2) is 5.78 Å². The van der Waals surface area contributed by atoms with Gasteiger partial charge in [-0.2, -0.15) is 0 Å². The SMILES string of the molecule is O=C(CCl)c1ccc2c(O)cccc2c1. The second kappa shape index (κ2) is 3.91. The maximum Gasteiger partial charge on any atom is 0.177 e. The van der Waals surface area contributed by atoms with E-state index in [-0.39, 0.29) is 17.4 Å². The van der Waals surface area contributed by atoms with Gasteiger partial charge >= 0.3 is 0 Å². The molecule has 3 heteroatoms. The third-order valence-corrected chi connectivity index (χ3v) is 2.54. The third-order valence-electron chi connectivity index (χ3n) is 2.30. The number of carbonyl (C=O) groups excluding carboxylic acids is 1. The van der Waals surface area contributed by atoms with E-state index in [1.54, 1.807) is 30.3 Å². The Morgan fingerprint density at radius 3 is 2.80 bits per heavy atom. The summed E-state index contributed by atoms with van der Waals surface area (Å²) in [7, 11) is 0. The number of ketones is 1. The van der Waals surface area contributed by atoms with Crippen molar-refractivity contribution in [3.05, 3.63) is 42.0 Å². The zero-order chi connectivity index (χ0) is 10.8. The summed E-state index contributed by atoms with van der Waals surface area (Å²) in [4.78, 5) is 11.3. The lowest BCUT2D eigenvalue weighted by Crippen LogP contribution is -1.99. The number of fused-ring (bicyclic) bond motifs is 1. The van der Waals surface area contributed by atoms with Gasteiger partial charge in [-0.25, -0.2) is 0 Å². The fourth-order valence-electron chi connectivity index (χ4n) is 1.52. The van der Waals surface area contributed by atoms with Gasteiger partial charge in [-0.1, -0.05) is 18.2 Å². The highest BCUT2D eigenvalue weighted by molar-refractivity contribution is 6.30. The molecule has 0 heterocycles. The molecule has 0 aliphatic heterocycles. The van der Waals surface area contributed by atoms with Gasteiger partial charge in [0, 0.05) is 10.9 Å². The highest BCUT2D eigenvalue weighted by Gasteiger charge is 2.06. The number of hydrogen-bond donors (Lipinski definition) is 1. The number of Topliss-reactive ketones (excluding diaryl/α,β-unsaturated/α-hetero) is 1. The van der Waals surface area contributed by atoms with Gasteiger partial charge in [-0.15, -0.1) is 11.6 Å². The van der Waals surface area contributed by atoms with E-state index < -0.39 is 0 Å². The predicted octanol–water partition coefficient (Wildman–Crippen LogP) is 2.97. The Balaban J connectivity index is 2.62. The smallest absolute Gasteiger partial charge is 0.177 e. The number of carbonyl (C=O) groups is 1. The Kier molecular flexibility index (Phi) is 2.60. The first-order chi connectivity index (χ1) is 7.22. The number of alkyl halides is 1. The molecule has 0 atom stereocenters. The minimum Gasteiger partial charge on any atom is -0.507 e. The maximum absolute atomic E-state index is 11.3. The average Bonchev–Trinajstić information content (AvgIpc) is 2.28. The Hall–Kier alpha value is -1.54. The zero-order valence-corrected chi connectivity index (χ0v) is 8.66. The lowest BCUT2D eigenvalue weighted by Gasteiger charge is -2.02. The molecule has 76 valence electrons. The second-order valence-corrected chi connectivity index (χ2v) is 3.54. The number of rotatable bonds is 2. The van der Waals surface area contributed by atoms with Crippen LogP contribution in [0.15, 0.2) is 36.4 Å². The first kappa shape index (κ1) is 9.99. The van der Waals surface area contributed by atoms with Crippen molar-refractivity contribution in [2.45, 2.75) is 0 Å². The van der Waals surface area contributed by atoms with Crippen molar-refractivity contribution in [2.24, 2.45) is 0 Å². The summed E-state index contributed by atoms with van der Waals surface area (Å²) in [5, 5.41) is 11.1. The third kappa shape index (κ3) is 1.81. The number of aromatic hydroxyl groups is 1. The molecule has 2 nitrogen and oxygen atoms in total. The molecule has 1 N–H and O–H groups in total. The van der Waals surface area contributed by atoms with Crippen LogP contribution < -0.4 is 0 Å². The molecule has 0 aromatic heterocycles. The molecule has 0 aliphatic rings. The molecule has 0 unspecified atom stereocenters. The van der Waals surface area contributed by atoms with Crippen LogP contribution in [-0.4, -0.2) is 16.8 Å². The van der Waals surface area contributed by atoms with Crippen molar-refractivity contribution in [1.29, 1.82) is 0 Å². The number of benzene rings is 2. The van der Waals surface area contributed by atoms with E-state index in [1.165, 1.54) is 0 Å². The summed E-state index contributed by atoms with van der Waals surface area (Å²) in [6.07, 6.45) is 0. The largest absolute Gasteiger partial charge is 0.507 e. The first-order valence-electron chi connectivity index (χ1n) is 4.53. The topological polar surface area (TPSA) is 37.3 Å². The molecule has 2 aromatic rings. The minimum absolute atomic E-state index is 0.0235. The van der Waals surface area contributed by atoms with Gasteiger partial charge in [0.2, 0.25) is 0 Å². The highest BCUT2D eigenvalue weighted by Crippen LogP contribution is 2.25. The lowest BCUT2D eigenvalue weighted by molar-refractivity contribution is 0.102. The van der Waals surface area contributed by atoms with Crippen LogP contribution in [0.1, 0.15) is 10.4 Å². The zero-order valence-electron chi connectivity index (χ0n) is 7.90. The van der Waals surface area contributed by atoms with E-state index in [4.69, 9.17) is 11.6 Å². The summed E-state index contributed by atoms with van der Waals surface area (Å²) in [5.41, 5.74) is 0.572. The monoisotopic (exact) mass is 220 g/mol. The molecular formula is C12H9ClO2. The van der Waals surface area contributed by atoms with Crippen LogP contribution in [0.4, 0.5) is 0 Å². The molecule has 0 bridgehead atoms. The van der Waals surface area contributed by atoms with Crippen molar-refractivity contribution in [3.8, 4) is 5.75 Å². The number of hydrogen-bond acceptors (Lipinski definition) is 2. The fraction of sp³-hybridized carbons (Fsp3) is 0.0833. The summed E-state index contributed by atoms with van der Waals surface area (Å²) in [5.74, 6) is 0.0870. The van der Waals surface area contributed by atoms with Gasteiger partial charge in [-0.05, 0) is 23.6 Å². The van der Waals surface area contributed by atoms with Gasteiger partial charge in [0.1, 0.15) is 5.75 Å². The lowest BCUT2D eigenvalue weighted by atomic mass is 10.0. The quantitative estimate of drug-likeness (QED) is 0.624. The standard InChI is InChI=1S/C12H9ClO2/c13-7-12(15)9-4-5-10-8(6-9)2-1-3-11(10)14/h1-6,14H,7H2. The van der Waals surface area contributed by atoms with E-state index in [0.29, 0.717) is 5.56 Å². The van der Waals surface area contributed by atoms with Crippen LogP contribution in [0.2, 0.25) is 0 Å². The Labute approximate surface area is 92.1 Å². The van der Waals surface area contributed by atoms with Crippen molar-refractivity contribution in [1.82, 2.24) is 0 Å². The van der Waals surface area contributed by atoms with Crippen molar-refractivity contribution < 1.29 is 9.90 Å². The Bertz CT molecular complexity index is 520. The van der Waals surface area contributed by atoms with E-state index in [1.807, 2.05) is 6.07 Å². The Morgan fingerprint density at radius 1 is 1.27 bits per heavy atom. The molecule has 0 amide bonds. The maximum atomic E-state index is 11.3. The highest BCUT2D eigenvalue weighted by atomic mass is 35.5. The van der Waals surface area contributed by atoms with Crippen LogP contribution in [0.5, 0.6) is 5.75 Å². The fourth-order valence-corrected chi connectivity index (χ4v) is 1.67. The van der Waals surface area contributed by atoms with E-state index in [2.05, 4.69) is 0 Å². The summed E-state index contributed by atoms with van der Waals surface area (Å²) < 4.78 is 0. The van der Waals surface area contributed by atoms with Crippen LogP contribution in [0.25, 0.3) is 10.8 Å². The van der Waals surface area contributed by atoms with E-state index in [0.717, 1.165) is 10.8 Å².